The fraction of sp³-hybridized carbons (Fsp3) is 0.167. The van der Waals surface area contributed by atoms with Crippen molar-refractivity contribution in [2.75, 3.05) is 0 Å². The molecule has 0 aliphatic heterocycles. The fourth-order valence-electron chi connectivity index (χ4n) is 1.33. The Morgan fingerprint density at radius 1 is 1.24 bits per heavy atom. The van der Waals surface area contributed by atoms with Crippen molar-refractivity contribution in [2.45, 2.75) is 12.5 Å². The van der Waals surface area contributed by atoms with Gasteiger partial charge in [0.1, 0.15) is 12.4 Å². The lowest BCUT2D eigenvalue weighted by molar-refractivity contribution is 0.309. The highest BCUT2D eigenvalue weighted by atomic mass is 79.9. The molecule has 0 aliphatic carbocycles. The summed E-state index contributed by atoms with van der Waals surface area (Å²) in [4.78, 5) is 1.10. The molecule has 1 heterocycles. The second-order valence-corrected chi connectivity index (χ2v) is 6.30. The Morgan fingerprint density at radius 2 is 2.06 bits per heavy atom. The Morgan fingerprint density at radius 3 is 2.71 bits per heavy atom. The van der Waals surface area contributed by atoms with Gasteiger partial charge in [0.05, 0.1) is 4.34 Å². The molecule has 5 heteroatoms. The minimum Gasteiger partial charge on any atom is -0.488 e. The number of alkyl halides is 1. The van der Waals surface area contributed by atoms with E-state index in [0.717, 1.165) is 25.0 Å². The van der Waals surface area contributed by atoms with E-state index >= 15 is 0 Å². The number of ether oxygens (including phenoxy) is 1. The van der Waals surface area contributed by atoms with Gasteiger partial charge in [-0.25, -0.2) is 0 Å². The van der Waals surface area contributed by atoms with E-state index in [-0.39, 0.29) is 0 Å². The average molecular weight is 352 g/mol. The lowest BCUT2D eigenvalue weighted by atomic mass is 10.2. The molecule has 90 valence electrons. The molecule has 1 aromatic carbocycles. The van der Waals surface area contributed by atoms with Gasteiger partial charge in [0.15, 0.2) is 0 Å². The number of halogens is 3. The number of thiophene rings is 1. The Bertz CT molecular complexity index is 513. The molecule has 2 rings (SSSR count). The molecule has 17 heavy (non-hydrogen) atoms. The van der Waals surface area contributed by atoms with Crippen LogP contribution in [0.4, 0.5) is 0 Å². The van der Waals surface area contributed by atoms with E-state index in [0.29, 0.717) is 12.5 Å². The molecule has 2 aromatic rings. The maximum Gasteiger partial charge on any atom is 0.122 e. The van der Waals surface area contributed by atoms with Crippen LogP contribution < -0.4 is 4.74 Å². The second kappa shape index (κ2) is 6.10. The molecule has 1 nitrogen and oxygen atoms in total. The third-order valence-corrected chi connectivity index (χ3v) is 4.44. The molecule has 0 unspecified atom stereocenters. The highest BCUT2D eigenvalue weighted by molar-refractivity contribution is 9.10. The minimum atomic E-state index is 0.461. The minimum absolute atomic E-state index is 0.461. The van der Waals surface area contributed by atoms with Crippen LogP contribution in [0.1, 0.15) is 10.4 Å². The summed E-state index contributed by atoms with van der Waals surface area (Å²) in [6.07, 6.45) is 0. The first kappa shape index (κ1) is 13.2. The van der Waals surface area contributed by atoms with Crippen molar-refractivity contribution in [2.24, 2.45) is 0 Å². The zero-order chi connectivity index (χ0) is 12.3. The zero-order valence-electron chi connectivity index (χ0n) is 8.75. The van der Waals surface area contributed by atoms with Gasteiger partial charge in [-0.15, -0.1) is 22.9 Å². The van der Waals surface area contributed by atoms with Gasteiger partial charge in [0.25, 0.3) is 0 Å². The van der Waals surface area contributed by atoms with E-state index in [1.807, 2.05) is 30.3 Å². The highest BCUT2D eigenvalue weighted by Crippen LogP contribution is 2.26. The summed E-state index contributed by atoms with van der Waals surface area (Å²) in [5.74, 6) is 1.27. The van der Waals surface area contributed by atoms with Crippen LogP contribution in [0, 0.1) is 0 Å². The molecule has 0 fully saturated rings. The van der Waals surface area contributed by atoms with Crippen molar-refractivity contribution < 1.29 is 4.74 Å². The van der Waals surface area contributed by atoms with E-state index < -0.39 is 0 Å². The van der Waals surface area contributed by atoms with Crippen molar-refractivity contribution in [3.8, 4) is 5.75 Å². The second-order valence-electron chi connectivity index (χ2n) is 3.38. The lowest BCUT2D eigenvalue weighted by Crippen LogP contribution is -1.93. The summed E-state index contributed by atoms with van der Waals surface area (Å²) < 4.78 is 7.45. The van der Waals surface area contributed by atoms with Gasteiger partial charge in [-0.3, -0.25) is 0 Å². The first-order chi connectivity index (χ1) is 8.19. The topological polar surface area (TPSA) is 9.23 Å². The molecule has 0 N–H and O–H groups in total. The quantitative estimate of drug-likeness (QED) is 0.662. The molecular weight excluding hydrogens is 343 g/mol. The summed E-state index contributed by atoms with van der Waals surface area (Å²) in [5, 5.41) is 0. The molecule has 0 amide bonds. The fourth-order valence-corrected chi connectivity index (χ4v) is 3.10. The van der Waals surface area contributed by atoms with Crippen molar-refractivity contribution in [3.63, 3.8) is 0 Å². The predicted octanol–water partition coefficient (Wildman–Crippen LogP) is 5.48. The smallest absolute Gasteiger partial charge is 0.122 e. The van der Waals surface area contributed by atoms with Gasteiger partial charge in [0, 0.05) is 15.2 Å². The zero-order valence-corrected chi connectivity index (χ0v) is 12.7. The van der Waals surface area contributed by atoms with Gasteiger partial charge in [-0.2, -0.15) is 0 Å². The van der Waals surface area contributed by atoms with Crippen LogP contribution in [-0.4, -0.2) is 0 Å². The summed E-state index contributed by atoms with van der Waals surface area (Å²) in [7, 11) is 0. The van der Waals surface area contributed by atoms with E-state index in [2.05, 4.69) is 15.9 Å². The van der Waals surface area contributed by atoms with Crippen LogP contribution in [-0.2, 0) is 12.5 Å². The Kier molecular flexibility index (Phi) is 4.74. The van der Waals surface area contributed by atoms with Crippen molar-refractivity contribution in [3.05, 3.63) is 49.6 Å². The lowest BCUT2D eigenvalue weighted by Gasteiger charge is -2.07. The van der Waals surface area contributed by atoms with Crippen LogP contribution in [0.25, 0.3) is 0 Å². The van der Waals surface area contributed by atoms with Crippen LogP contribution in [0.3, 0.4) is 0 Å². The Hall–Kier alpha value is -0.220. The normalized spacial score (nSPS) is 10.5. The van der Waals surface area contributed by atoms with Crippen LogP contribution >= 0.6 is 50.5 Å². The highest BCUT2D eigenvalue weighted by Gasteiger charge is 2.03. The molecule has 0 aliphatic rings. The van der Waals surface area contributed by atoms with Crippen molar-refractivity contribution in [1.29, 1.82) is 0 Å². The molecule has 0 atom stereocenters. The maximum absolute atomic E-state index is 5.85. The summed E-state index contributed by atoms with van der Waals surface area (Å²) in [6, 6.07) is 9.63. The average Bonchev–Trinajstić information content (AvgIpc) is 2.74. The van der Waals surface area contributed by atoms with Crippen molar-refractivity contribution >= 4 is 50.5 Å². The monoisotopic (exact) mass is 350 g/mol. The van der Waals surface area contributed by atoms with E-state index in [4.69, 9.17) is 27.9 Å². The van der Waals surface area contributed by atoms with E-state index in [9.17, 15) is 0 Å². The van der Waals surface area contributed by atoms with Gasteiger partial charge in [-0.1, -0.05) is 27.5 Å². The predicted molar refractivity (Wildman–Crippen MR) is 77.4 cm³/mol. The number of hydrogen-bond donors (Lipinski definition) is 0. The first-order valence-corrected chi connectivity index (χ1v) is 7.42. The largest absolute Gasteiger partial charge is 0.488 e. The third-order valence-electron chi connectivity index (χ3n) is 2.17. The van der Waals surface area contributed by atoms with E-state index in [1.54, 1.807) is 0 Å². The Balaban J connectivity index is 2.04. The molecule has 1 aromatic heterocycles. The first-order valence-electron chi connectivity index (χ1n) is 4.90. The SMILES string of the molecule is ClCc1cc(OCc2ccc(Cl)s2)ccc1Br. The standard InChI is InChI=1S/C12H9BrCl2OS/c13-11-3-1-9(5-8(11)6-14)16-7-10-2-4-12(15)17-10/h1-5H,6-7H2. The summed E-state index contributed by atoms with van der Waals surface area (Å²) in [5.41, 5.74) is 1.02. The van der Waals surface area contributed by atoms with Crippen LogP contribution in [0.2, 0.25) is 4.34 Å². The van der Waals surface area contributed by atoms with Crippen LogP contribution in [0.15, 0.2) is 34.8 Å². The van der Waals surface area contributed by atoms with Gasteiger partial charge < -0.3 is 4.74 Å². The molecule has 0 saturated heterocycles. The van der Waals surface area contributed by atoms with Gasteiger partial charge in [0.2, 0.25) is 0 Å². The van der Waals surface area contributed by atoms with Gasteiger partial charge >= 0.3 is 0 Å². The summed E-state index contributed by atoms with van der Waals surface area (Å²) in [6.45, 7) is 0.529. The maximum atomic E-state index is 5.85. The molecular formula is C12H9BrCl2OS. The van der Waals surface area contributed by atoms with Crippen LogP contribution in [0.5, 0.6) is 5.75 Å². The number of hydrogen-bond acceptors (Lipinski definition) is 2. The molecule has 0 bridgehead atoms. The Labute approximate surface area is 122 Å². The van der Waals surface area contributed by atoms with Crippen molar-refractivity contribution in [1.82, 2.24) is 0 Å². The molecule has 0 radical (unpaired) electrons. The summed E-state index contributed by atoms with van der Waals surface area (Å²) >= 11 is 16.6. The number of benzene rings is 1. The molecule has 0 saturated carbocycles. The molecule has 0 spiro atoms. The van der Waals surface area contributed by atoms with Gasteiger partial charge in [-0.05, 0) is 35.9 Å². The third kappa shape index (κ3) is 3.62. The van der Waals surface area contributed by atoms with E-state index in [1.165, 1.54) is 11.3 Å². The number of rotatable bonds is 4.